The lowest BCUT2D eigenvalue weighted by atomic mass is 9.78. The number of carbonyl (C=O) groups is 2. The van der Waals surface area contributed by atoms with Crippen LogP contribution in [0.15, 0.2) is 50.8 Å². The Morgan fingerprint density at radius 2 is 1.86 bits per heavy atom. The Morgan fingerprint density at radius 3 is 2.51 bits per heavy atom. The van der Waals surface area contributed by atoms with Gasteiger partial charge in [-0.15, -0.1) is 4.40 Å². The van der Waals surface area contributed by atoms with Crippen molar-refractivity contribution in [1.82, 2.24) is 9.91 Å². The monoisotopic (exact) mass is 502 g/mol. The molecule has 0 radical (unpaired) electrons. The van der Waals surface area contributed by atoms with Gasteiger partial charge in [0, 0.05) is 18.1 Å². The lowest BCUT2D eigenvalue weighted by molar-refractivity contribution is -0.145. The smallest absolute Gasteiger partial charge is 0.494 e. The number of amidine groups is 1. The van der Waals surface area contributed by atoms with E-state index in [1.54, 1.807) is 7.05 Å². The van der Waals surface area contributed by atoms with Gasteiger partial charge in [0.05, 0.1) is 26.4 Å². The lowest BCUT2D eigenvalue weighted by Crippen LogP contribution is -2.48. The molecule has 0 atom stereocenters. The molecule has 11 nitrogen and oxygen atoms in total. The number of hydrogen-bond donors (Lipinski definition) is 0. The first-order chi connectivity index (χ1) is 16.6. The topological polar surface area (TPSA) is 127 Å². The van der Waals surface area contributed by atoms with E-state index < -0.39 is 34.9 Å². The minimum absolute atomic E-state index is 0.0394. The van der Waals surface area contributed by atoms with E-state index in [0.717, 1.165) is 0 Å². The number of hydrazone groups is 1. The van der Waals surface area contributed by atoms with Crippen molar-refractivity contribution < 1.29 is 36.4 Å². The molecule has 2 heterocycles. The van der Waals surface area contributed by atoms with E-state index in [0.29, 0.717) is 5.56 Å². The molecule has 2 aromatic rings. The largest absolute Gasteiger partial charge is 0.636 e. The molecule has 0 bridgehead atoms. The van der Waals surface area contributed by atoms with E-state index in [-0.39, 0.29) is 40.6 Å². The highest BCUT2D eigenvalue weighted by Crippen LogP contribution is 2.27. The zero-order valence-corrected chi connectivity index (χ0v) is 19.8. The van der Waals surface area contributed by atoms with Crippen LogP contribution in [0.3, 0.4) is 0 Å². The van der Waals surface area contributed by atoms with E-state index in [9.17, 15) is 22.4 Å². The molecule has 0 saturated carbocycles. The van der Waals surface area contributed by atoms with Crippen molar-refractivity contribution in [2.24, 2.45) is 9.50 Å². The predicted octanol–water partition coefficient (Wildman–Crippen LogP) is -0.0239. The minimum atomic E-state index is -4.10. The standard InChI is InChI=1S/C21H20BFN4O7S/c1-26-11-19(28)33-22(34-20(29)12-26)14-5-6-15-18(9-14)35(30,31)25-21(15)27(2)24-10-13-4-7-16(23)17(8-13)32-3/h4-10H,11-12H2,1-3H3/b24-10+. The number of nitrogens with zero attached hydrogens (tertiary/aromatic N) is 4. The summed E-state index contributed by atoms with van der Waals surface area (Å²) in [6.45, 7) is -0.240. The first kappa shape index (κ1) is 24.4. The van der Waals surface area contributed by atoms with Gasteiger partial charge in [-0.1, -0.05) is 18.2 Å². The Labute approximate surface area is 201 Å². The van der Waals surface area contributed by atoms with Gasteiger partial charge in [-0.05, 0) is 30.8 Å². The molecule has 0 aromatic heterocycles. The van der Waals surface area contributed by atoms with Gasteiger partial charge < -0.3 is 14.0 Å². The molecule has 0 N–H and O–H groups in total. The van der Waals surface area contributed by atoms with E-state index >= 15 is 0 Å². The van der Waals surface area contributed by atoms with Crippen LogP contribution in [0.25, 0.3) is 0 Å². The maximum Gasteiger partial charge on any atom is 0.636 e. The third-order valence-corrected chi connectivity index (χ3v) is 6.45. The second-order valence-electron chi connectivity index (χ2n) is 7.79. The highest BCUT2D eigenvalue weighted by molar-refractivity contribution is 7.90. The number of sulfonamides is 1. The molecule has 0 amide bonds. The fourth-order valence-corrected chi connectivity index (χ4v) is 4.73. The highest BCUT2D eigenvalue weighted by Gasteiger charge is 2.37. The van der Waals surface area contributed by atoms with Crippen LogP contribution in [0.4, 0.5) is 4.39 Å². The Morgan fingerprint density at radius 1 is 1.17 bits per heavy atom. The van der Waals surface area contributed by atoms with Gasteiger partial charge in [0.15, 0.2) is 17.4 Å². The molecular formula is C21H20BFN4O7S. The highest BCUT2D eigenvalue weighted by atomic mass is 32.2. The maximum absolute atomic E-state index is 13.6. The van der Waals surface area contributed by atoms with Crippen LogP contribution in [-0.2, 0) is 28.9 Å². The summed E-state index contributed by atoms with van der Waals surface area (Å²) in [5.74, 6) is -1.70. The van der Waals surface area contributed by atoms with Gasteiger partial charge >= 0.3 is 19.1 Å². The average molecular weight is 502 g/mol. The summed E-state index contributed by atoms with van der Waals surface area (Å²) in [6.07, 6.45) is 1.40. The first-order valence-electron chi connectivity index (χ1n) is 10.3. The first-order valence-corrected chi connectivity index (χ1v) is 11.7. The fraction of sp³-hybridized carbons (Fsp3) is 0.238. The molecule has 182 valence electrons. The van der Waals surface area contributed by atoms with Crippen molar-refractivity contribution in [3.63, 3.8) is 0 Å². The predicted molar refractivity (Wildman–Crippen MR) is 124 cm³/mol. The van der Waals surface area contributed by atoms with Crippen LogP contribution < -0.4 is 10.2 Å². The molecular weight excluding hydrogens is 482 g/mol. The van der Waals surface area contributed by atoms with Gasteiger partial charge in [-0.3, -0.25) is 14.5 Å². The summed E-state index contributed by atoms with van der Waals surface area (Å²) in [7, 11) is -1.08. The molecule has 14 heteroatoms. The molecule has 35 heavy (non-hydrogen) atoms. The third kappa shape index (κ3) is 5.17. The SMILES string of the molecule is COc1cc(/C=N/N(C)C2=NS(=O)(=O)c3cc(B4OC(=O)CN(C)CC(=O)O4)ccc32)ccc1F. The molecule has 2 aliphatic heterocycles. The van der Waals surface area contributed by atoms with E-state index in [1.165, 1.54) is 66.7 Å². The molecule has 2 aromatic carbocycles. The van der Waals surface area contributed by atoms with Crippen LogP contribution in [0.5, 0.6) is 5.75 Å². The van der Waals surface area contributed by atoms with E-state index in [4.69, 9.17) is 14.0 Å². The number of halogens is 1. The number of methoxy groups -OCH3 is 1. The van der Waals surface area contributed by atoms with Crippen molar-refractivity contribution in [3.8, 4) is 5.75 Å². The Bertz CT molecular complexity index is 1350. The lowest BCUT2D eigenvalue weighted by Gasteiger charge is -2.22. The zero-order chi connectivity index (χ0) is 25.3. The summed E-state index contributed by atoms with van der Waals surface area (Å²) in [6, 6.07) is 8.34. The second kappa shape index (κ2) is 9.46. The number of likely N-dealkylation sites (N-methyl/N-ethyl adjacent to an activating group) is 1. The van der Waals surface area contributed by atoms with Crippen molar-refractivity contribution >= 4 is 46.6 Å². The van der Waals surface area contributed by atoms with Gasteiger partial charge in [-0.2, -0.15) is 13.5 Å². The normalized spacial score (nSPS) is 17.8. The van der Waals surface area contributed by atoms with Gasteiger partial charge in [0.1, 0.15) is 4.90 Å². The van der Waals surface area contributed by atoms with E-state index in [2.05, 4.69) is 9.50 Å². The number of fused-ring (bicyclic) bond motifs is 1. The van der Waals surface area contributed by atoms with Gasteiger partial charge in [0.2, 0.25) is 0 Å². The Hall–Kier alpha value is -3.78. The molecule has 0 spiro atoms. The van der Waals surface area contributed by atoms with E-state index in [1.807, 2.05) is 0 Å². The van der Waals surface area contributed by atoms with Crippen molar-refractivity contribution in [2.45, 2.75) is 4.90 Å². The van der Waals surface area contributed by atoms with Gasteiger partial charge in [-0.25, -0.2) is 9.40 Å². The van der Waals surface area contributed by atoms with Crippen molar-refractivity contribution in [2.75, 3.05) is 34.3 Å². The second-order valence-corrected chi connectivity index (χ2v) is 9.36. The Balaban J connectivity index is 1.60. The maximum atomic E-state index is 13.6. The Kier molecular flexibility index (Phi) is 6.59. The molecule has 1 fully saturated rings. The van der Waals surface area contributed by atoms with Crippen LogP contribution >= 0.6 is 0 Å². The minimum Gasteiger partial charge on any atom is -0.494 e. The van der Waals surface area contributed by atoms with Crippen LogP contribution in [-0.4, -0.2) is 83.7 Å². The summed E-state index contributed by atoms with van der Waals surface area (Å²) < 4.78 is 58.3. The van der Waals surface area contributed by atoms with Crippen LogP contribution in [0, 0.1) is 5.82 Å². The molecule has 0 aliphatic carbocycles. The van der Waals surface area contributed by atoms with Crippen LogP contribution in [0.2, 0.25) is 0 Å². The summed E-state index contributed by atoms with van der Waals surface area (Å²) in [5, 5.41) is 5.45. The number of ether oxygens (including phenoxy) is 1. The quantitative estimate of drug-likeness (QED) is 0.322. The van der Waals surface area contributed by atoms with Crippen molar-refractivity contribution in [3.05, 3.63) is 53.3 Å². The van der Waals surface area contributed by atoms with Crippen LogP contribution in [0.1, 0.15) is 11.1 Å². The zero-order valence-electron chi connectivity index (χ0n) is 19.0. The molecule has 2 aliphatic rings. The molecule has 0 unspecified atom stereocenters. The number of carbonyl (C=O) groups excluding carboxylic acids is 2. The van der Waals surface area contributed by atoms with Crippen molar-refractivity contribution in [1.29, 1.82) is 0 Å². The number of rotatable bonds is 4. The van der Waals surface area contributed by atoms with Gasteiger partial charge in [0.25, 0.3) is 10.0 Å². The summed E-state index contributed by atoms with van der Waals surface area (Å²) in [4.78, 5) is 25.4. The summed E-state index contributed by atoms with van der Waals surface area (Å²) >= 11 is 0. The number of benzene rings is 2. The fourth-order valence-electron chi connectivity index (χ4n) is 3.46. The molecule has 1 saturated heterocycles. The summed E-state index contributed by atoms with van der Waals surface area (Å²) in [5.41, 5.74) is 0.943. The third-order valence-electron chi connectivity index (χ3n) is 5.14. The number of hydrogen-bond acceptors (Lipinski definition) is 10. The average Bonchev–Trinajstić information content (AvgIpc) is 3.07. The molecule has 4 rings (SSSR count).